The van der Waals surface area contributed by atoms with Gasteiger partial charge in [0.1, 0.15) is 13.2 Å². The van der Waals surface area contributed by atoms with Gasteiger partial charge in [-0.15, -0.1) is 0 Å². The van der Waals surface area contributed by atoms with Gasteiger partial charge in [0.2, 0.25) is 0 Å². The highest BCUT2D eigenvalue weighted by Gasteiger charge is 2.27. The lowest BCUT2D eigenvalue weighted by atomic mass is 9.96. The first-order chi connectivity index (χ1) is 16.6. The van der Waals surface area contributed by atoms with E-state index in [-0.39, 0.29) is 6.04 Å². The van der Waals surface area contributed by atoms with Crippen LogP contribution < -0.4 is 25.0 Å². The molecule has 2 N–H and O–H groups in total. The second-order valence-electron chi connectivity index (χ2n) is 9.19. The first-order valence-corrected chi connectivity index (χ1v) is 12.2. The zero-order chi connectivity index (χ0) is 23.5. The number of aryl methyl sites for hydroxylation is 1. The fourth-order valence-electron chi connectivity index (χ4n) is 5.10. The molecule has 0 bridgehead atoms. The molecule has 8 nitrogen and oxygen atoms in total. The largest absolute Gasteiger partial charge is 0.486 e. The normalized spacial score (nSPS) is 18.2. The Bertz CT molecular complexity index is 1070. The van der Waals surface area contributed by atoms with Gasteiger partial charge < -0.3 is 25.0 Å². The molecule has 5 rings (SSSR count). The molecular formula is C26H32N4O4. The molecule has 0 saturated carbocycles. The molecule has 8 heteroatoms. The number of fused-ring (bicyclic) bond motifs is 2. The number of nitrogens with one attached hydrogen (secondary N) is 2. The Hall–Kier alpha value is -3.26. The Balaban J connectivity index is 1.25. The van der Waals surface area contributed by atoms with Gasteiger partial charge in [-0.1, -0.05) is 12.1 Å². The highest BCUT2D eigenvalue weighted by molar-refractivity contribution is 6.39. The predicted molar refractivity (Wildman–Crippen MR) is 131 cm³/mol. The molecular weight excluding hydrogens is 432 g/mol. The number of carbonyl (C=O) groups excluding carboxylic acids is 2. The summed E-state index contributed by atoms with van der Waals surface area (Å²) in [5, 5.41) is 5.54. The van der Waals surface area contributed by atoms with Crippen LogP contribution in [0.25, 0.3) is 0 Å². The van der Waals surface area contributed by atoms with Crippen LogP contribution >= 0.6 is 0 Å². The Morgan fingerprint density at radius 1 is 0.941 bits per heavy atom. The Morgan fingerprint density at radius 3 is 2.56 bits per heavy atom. The minimum absolute atomic E-state index is 0.0473. The van der Waals surface area contributed by atoms with Crippen LogP contribution in [0.15, 0.2) is 36.4 Å². The maximum atomic E-state index is 12.7. The lowest BCUT2D eigenvalue weighted by molar-refractivity contribution is -0.136. The van der Waals surface area contributed by atoms with E-state index >= 15 is 0 Å². The molecule has 2 aromatic carbocycles. The summed E-state index contributed by atoms with van der Waals surface area (Å²) in [6.45, 7) is 4.43. The van der Waals surface area contributed by atoms with Crippen LogP contribution in [0.3, 0.4) is 0 Å². The van der Waals surface area contributed by atoms with Gasteiger partial charge in [-0.25, -0.2) is 0 Å². The molecule has 1 fully saturated rings. The maximum Gasteiger partial charge on any atom is 0.313 e. The van der Waals surface area contributed by atoms with E-state index in [1.54, 1.807) is 18.2 Å². The molecule has 2 aromatic rings. The molecule has 1 atom stereocenters. The molecule has 2 amide bonds. The number of ether oxygens (including phenoxy) is 2. The number of hydrogen-bond acceptors (Lipinski definition) is 6. The van der Waals surface area contributed by atoms with E-state index in [1.807, 2.05) is 0 Å². The van der Waals surface area contributed by atoms with Crippen molar-refractivity contribution < 1.29 is 19.1 Å². The summed E-state index contributed by atoms with van der Waals surface area (Å²) in [5.41, 5.74) is 4.35. The van der Waals surface area contributed by atoms with E-state index < -0.39 is 11.8 Å². The number of amides is 2. The van der Waals surface area contributed by atoms with Gasteiger partial charge in [0.05, 0.1) is 6.04 Å². The number of nitrogens with zero attached hydrogens (tertiary/aromatic N) is 2. The highest BCUT2D eigenvalue weighted by atomic mass is 16.6. The summed E-state index contributed by atoms with van der Waals surface area (Å²) >= 11 is 0. The molecule has 1 saturated heterocycles. The average molecular weight is 465 g/mol. The number of benzene rings is 2. The lowest BCUT2D eigenvalue weighted by Crippen LogP contribution is -2.41. The number of anilines is 2. The Morgan fingerprint density at radius 2 is 1.74 bits per heavy atom. The van der Waals surface area contributed by atoms with Crippen molar-refractivity contribution in [3.63, 3.8) is 0 Å². The zero-order valence-electron chi connectivity index (χ0n) is 19.6. The average Bonchev–Trinajstić information content (AvgIpc) is 3.39. The first kappa shape index (κ1) is 22.5. The van der Waals surface area contributed by atoms with Crippen molar-refractivity contribution in [2.75, 3.05) is 56.7 Å². The third kappa shape index (κ3) is 4.82. The van der Waals surface area contributed by atoms with Gasteiger partial charge >= 0.3 is 11.8 Å². The number of rotatable bonds is 5. The highest BCUT2D eigenvalue weighted by Crippen LogP contribution is 2.33. The van der Waals surface area contributed by atoms with Crippen molar-refractivity contribution in [2.24, 2.45) is 0 Å². The molecule has 0 aliphatic carbocycles. The van der Waals surface area contributed by atoms with Gasteiger partial charge in [-0.3, -0.25) is 14.5 Å². The quantitative estimate of drug-likeness (QED) is 0.662. The van der Waals surface area contributed by atoms with E-state index in [0.29, 0.717) is 36.9 Å². The minimum Gasteiger partial charge on any atom is -0.486 e. The summed E-state index contributed by atoms with van der Waals surface area (Å²) in [6, 6.07) is 11.8. The monoisotopic (exact) mass is 464 g/mol. The SMILES string of the molecule is CN1CCCc2cc([C@@H](CNC(=O)C(=O)Nc3ccc4c(c3)OCCO4)N3CCCC3)ccc21. The van der Waals surface area contributed by atoms with Gasteiger partial charge in [0.25, 0.3) is 0 Å². The third-order valence-corrected chi connectivity index (χ3v) is 6.88. The second-order valence-corrected chi connectivity index (χ2v) is 9.19. The number of likely N-dealkylation sites (tertiary alicyclic amines) is 1. The van der Waals surface area contributed by atoms with Crippen LogP contribution in [0.5, 0.6) is 11.5 Å². The molecule has 0 spiro atoms. The summed E-state index contributed by atoms with van der Waals surface area (Å²) in [6.07, 6.45) is 4.54. The zero-order valence-corrected chi connectivity index (χ0v) is 19.6. The van der Waals surface area contributed by atoms with E-state index in [2.05, 4.69) is 45.7 Å². The fraction of sp³-hybridized carbons (Fsp3) is 0.462. The second kappa shape index (κ2) is 9.93. The molecule has 34 heavy (non-hydrogen) atoms. The van der Waals surface area contributed by atoms with Crippen molar-refractivity contribution in [3.05, 3.63) is 47.5 Å². The van der Waals surface area contributed by atoms with Gasteiger partial charge in [0, 0.05) is 37.6 Å². The van der Waals surface area contributed by atoms with E-state index in [1.165, 1.54) is 16.8 Å². The molecule has 3 heterocycles. The van der Waals surface area contributed by atoms with Crippen molar-refractivity contribution in [3.8, 4) is 11.5 Å². The minimum atomic E-state index is -0.691. The number of hydrogen-bond donors (Lipinski definition) is 2. The molecule has 3 aliphatic heterocycles. The standard InChI is InChI=1S/C26H32N4O4/c1-29-10-4-5-18-15-19(6-8-21(18)29)22(30-11-2-3-12-30)17-27-25(31)26(32)28-20-7-9-23-24(16-20)34-14-13-33-23/h6-9,15-16,22H,2-5,10-14,17H2,1H3,(H,27,31)(H,28,32)/t22-/m1/s1. The Labute approximate surface area is 200 Å². The fourth-order valence-corrected chi connectivity index (χ4v) is 5.10. The van der Waals surface area contributed by atoms with Crippen molar-refractivity contribution >= 4 is 23.2 Å². The van der Waals surface area contributed by atoms with Crippen LogP contribution in [-0.4, -0.2) is 63.2 Å². The molecule has 180 valence electrons. The summed E-state index contributed by atoms with van der Waals surface area (Å²) in [7, 11) is 2.14. The maximum absolute atomic E-state index is 12.7. The van der Waals surface area contributed by atoms with Crippen molar-refractivity contribution in [1.29, 1.82) is 0 Å². The summed E-state index contributed by atoms with van der Waals surface area (Å²) in [4.78, 5) is 29.9. The van der Waals surface area contributed by atoms with Gasteiger partial charge in [-0.05, 0) is 68.1 Å². The first-order valence-electron chi connectivity index (χ1n) is 12.2. The smallest absolute Gasteiger partial charge is 0.313 e. The predicted octanol–water partition coefficient (Wildman–Crippen LogP) is 2.73. The molecule has 0 unspecified atom stereocenters. The summed E-state index contributed by atoms with van der Waals surface area (Å²) < 4.78 is 11.1. The van der Waals surface area contributed by atoms with Crippen LogP contribution in [0, 0.1) is 0 Å². The molecule has 0 radical (unpaired) electrons. The van der Waals surface area contributed by atoms with Gasteiger partial charge in [0.15, 0.2) is 11.5 Å². The third-order valence-electron chi connectivity index (χ3n) is 6.88. The topological polar surface area (TPSA) is 83.1 Å². The molecule has 0 aromatic heterocycles. The van der Waals surface area contributed by atoms with Crippen LogP contribution in [0.1, 0.15) is 36.4 Å². The Kier molecular flexibility index (Phi) is 6.58. The van der Waals surface area contributed by atoms with E-state index in [0.717, 1.165) is 45.3 Å². The van der Waals surface area contributed by atoms with Gasteiger partial charge in [-0.2, -0.15) is 0 Å². The van der Waals surface area contributed by atoms with Crippen LogP contribution in [0.4, 0.5) is 11.4 Å². The lowest BCUT2D eigenvalue weighted by Gasteiger charge is -2.31. The van der Waals surface area contributed by atoms with Crippen molar-refractivity contribution in [2.45, 2.75) is 31.7 Å². The van der Waals surface area contributed by atoms with Crippen molar-refractivity contribution in [1.82, 2.24) is 10.2 Å². The van der Waals surface area contributed by atoms with Crippen LogP contribution in [0.2, 0.25) is 0 Å². The van der Waals surface area contributed by atoms with Crippen LogP contribution in [-0.2, 0) is 16.0 Å². The molecule has 3 aliphatic rings. The summed E-state index contributed by atoms with van der Waals surface area (Å²) in [5.74, 6) is -0.129. The van der Waals surface area contributed by atoms with E-state index in [9.17, 15) is 9.59 Å². The van der Waals surface area contributed by atoms with E-state index in [4.69, 9.17) is 9.47 Å². The number of carbonyl (C=O) groups is 2.